The van der Waals surface area contributed by atoms with Crippen molar-refractivity contribution in [1.82, 2.24) is 30.1 Å². The maximum Gasteiger partial charge on any atom is 0.389 e. The Morgan fingerprint density at radius 2 is 1.90 bits per heavy atom. The zero-order valence-electron chi connectivity index (χ0n) is 23.2. The van der Waals surface area contributed by atoms with E-state index in [1.165, 1.54) is 24.2 Å². The van der Waals surface area contributed by atoms with E-state index in [1.54, 1.807) is 22.8 Å². The number of nitrogens with zero attached hydrogens (tertiary/aromatic N) is 4. The van der Waals surface area contributed by atoms with Gasteiger partial charge in [0.2, 0.25) is 11.9 Å². The van der Waals surface area contributed by atoms with Gasteiger partial charge in [-0.2, -0.15) is 18.2 Å². The first-order valence-electron chi connectivity index (χ1n) is 14.4. The lowest BCUT2D eigenvalue weighted by Crippen LogP contribution is -2.35. The summed E-state index contributed by atoms with van der Waals surface area (Å²) in [5.74, 6) is 0.395. The quantitative estimate of drug-likeness (QED) is 0.361. The number of hydrogen-bond donors (Lipinski definition) is 3. The van der Waals surface area contributed by atoms with E-state index in [0.717, 1.165) is 36.5 Å². The Kier molecular flexibility index (Phi) is 7.65. The summed E-state index contributed by atoms with van der Waals surface area (Å²) in [6.07, 6.45) is 1.76. The van der Waals surface area contributed by atoms with Crippen LogP contribution in [0.4, 0.5) is 24.8 Å². The molecule has 2 amide bonds. The number of hydrogen-bond acceptors (Lipinski definition) is 6. The van der Waals surface area contributed by atoms with E-state index in [9.17, 15) is 22.8 Å². The minimum absolute atomic E-state index is 0.0746. The van der Waals surface area contributed by atoms with Crippen LogP contribution in [0, 0.1) is 11.3 Å². The average Bonchev–Trinajstić information content (AvgIpc) is 3.46. The van der Waals surface area contributed by atoms with Gasteiger partial charge >= 0.3 is 6.18 Å². The van der Waals surface area contributed by atoms with Crippen molar-refractivity contribution in [1.29, 1.82) is 0 Å². The van der Waals surface area contributed by atoms with Gasteiger partial charge in [-0.1, -0.05) is 6.08 Å². The lowest BCUT2D eigenvalue weighted by molar-refractivity contribution is -0.148. The van der Waals surface area contributed by atoms with Crippen molar-refractivity contribution < 1.29 is 22.8 Å². The normalized spacial score (nSPS) is 19.9. The number of piperidine rings is 1. The van der Waals surface area contributed by atoms with E-state index in [1.807, 2.05) is 30.3 Å². The monoisotopic (exact) mass is 581 g/mol. The number of rotatable bonds is 8. The van der Waals surface area contributed by atoms with Crippen LogP contribution in [0.5, 0.6) is 0 Å². The topological polar surface area (TPSA) is 104 Å². The third-order valence-corrected chi connectivity index (χ3v) is 8.76. The van der Waals surface area contributed by atoms with Gasteiger partial charge in [-0.05, 0) is 92.1 Å². The zero-order chi connectivity index (χ0) is 29.3. The van der Waals surface area contributed by atoms with Gasteiger partial charge in [-0.25, -0.2) is 4.52 Å². The first-order chi connectivity index (χ1) is 20.2. The first kappa shape index (κ1) is 28.2. The van der Waals surface area contributed by atoms with Gasteiger partial charge in [0.25, 0.3) is 5.91 Å². The van der Waals surface area contributed by atoms with Gasteiger partial charge in [-0.15, -0.1) is 5.10 Å². The number of fused-ring (bicyclic) bond motifs is 1. The van der Waals surface area contributed by atoms with Crippen molar-refractivity contribution >= 4 is 34.7 Å². The number of pyridine rings is 1. The standard InChI is InChI=1S/C30H34F3N7O2/c31-30(32,33)10-7-25(41)39-16-8-20(9-17-39)24-2-1-15-40-26(24)37-28(38-40)36-23-5-3-21(4-6-23)27(42)35-19-22-18-29(22)11-13-34-14-12-29/h1-6,8,15,22,34H,7,9-14,16-19H2,(H,35,42)(H,36,38). The molecule has 9 nitrogen and oxygen atoms in total. The number of aromatic nitrogens is 3. The van der Waals surface area contributed by atoms with E-state index in [-0.39, 0.29) is 12.5 Å². The molecule has 3 aromatic rings. The number of carbonyl (C=O) groups excluding carboxylic acids is 2. The molecule has 42 heavy (non-hydrogen) atoms. The van der Waals surface area contributed by atoms with Crippen LogP contribution in [0.3, 0.4) is 0 Å². The molecule has 222 valence electrons. The van der Waals surface area contributed by atoms with Crippen LogP contribution >= 0.6 is 0 Å². The Balaban J connectivity index is 1.06. The van der Waals surface area contributed by atoms with Gasteiger partial charge < -0.3 is 20.9 Å². The third-order valence-electron chi connectivity index (χ3n) is 8.76. The Hall–Kier alpha value is -3.93. The Morgan fingerprint density at radius 3 is 2.62 bits per heavy atom. The SMILES string of the molecule is O=C(NCC1CC12CCNCC2)c1ccc(Nc2nc3c(C4=CCN(C(=O)CCC(F)(F)F)CC4)cccn3n2)cc1. The fourth-order valence-corrected chi connectivity index (χ4v) is 6.17. The van der Waals surface area contributed by atoms with Crippen LogP contribution in [0.15, 0.2) is 48.7 Å². The van der Waals surface area contributed by atoms with Crippen molar-refractivity contribution in [3.8, 4) is 0 Å². The highest BCUT2D eigenvalue weighted by Crippen LogP contribution is 2.58. The zero-order valence-corrected chi connectivity index (χ0v) is 23.2. The molecular weight excluding hydrogens is 547 g/mol. The molecule has 1 unspecified atom stereocenters. The summed E-state index contributed by atoms with van der Waals surface area (Å²) in [4.78, 5) is 31.0. The molecular formula is C30H34F3N7O2. The average molecular weight is 582 g/mol. The smallest absolute Gasteiger partial charge is 0.352 e. The van der Waals surface area contributed by atoms with Crippen LogP contribution in [-0.2, 0) is 4.79 Å². The molecule has 1 atom stereocenters. The molecule has 3 N–H and O–H groups in total. The largest absolute Gasteiger partial charge is 0.389 e. The molecule has 2 aromatic heterocycles. The Bertz CT molecular complexity index is 1490. The number of anilines is 2. The first-order valence-corrected chi connectivity index (χ1v) is 14.4. The molecule has 1 spiro atoms. The van der Waals surface area contributed by atoms with E-state index in [0.29, 0.717) is 41.5 Å². The fraction of sp³-hybridized carbons (Fsp3) is 0.467. The number of alkyl halides is 3. The van der Waals surface area contributed by atoms with E-state index >= 15 is 0 Å². The molecule has 3 aliphatic rings. The van der Waals surface area contributed by atoms with Crippen LogP contribution in [-0.4, -0.2) is 70.2 Å². The summed E-state index contributed by atoms with van der Waals surface area (Å²) in [6, 6.07) is 11.0. The molecule has 4 heterocycles. The second-order valence-corrected chi connectivity index (χ2v) is 11.5. The number of carbonyl (C=O) groups is 2. The summed E-state index contributed by atoms with van der Waals surface area (Å²) in [5.41, 5.74) is 4.22. The Labute approximate surface area is 241 Å². The van der Waals surface area contributed by atoms with Gasteiger partial charge in [0.15, 0.2) is 5.65 Å². The maximum atomic E-state index is 12.7. The van der Waals surface area contributed by atoms with Gasteiger partial charge in [0.1, 0.15) is 0 Å². The van der Waals surface area contributed by atoms with E-state index in [2.05, 4.69) is 26.0 Å². The summed E-state index contributed by atoms with van der Waals surface area (Å²) in [7, 11) is 0. The molecule has 0 bridgehead atoms. The van der Waals surface area contributed by atoms with E-state index < -0.39 is 24.9 Å². The predicted molar refractivity (Wildman–Crippen MR) is 152 cm³/mol. The van der Waals surface area contributed by atoms with Crippen molar-refractivity contribution in [2.45, 2.75) is 44.7 Å². The minimum atomic E-state index is -4.34. The summed E-state index contributed by atoms with van der Waals surface area (Å²) >= 11 is 0. The molecule has 2 aliphatic heterocycles. The molecule has 0 radical (unpaired) electrons. The van der Waals surface area contributed by atoms with Crippen LogP contribution < -0.4 is 16.0 Å². The van der Waals surface area contributed by atoms with Crippen molar-refractivity contribution in [2.75, 3.05) is 38.0 Å². The third kappa shape index (κ3) is 6.28. The molecule has 1 saturated carbocycles. The molecule has 1 saturated heterocycles. The number of amides is 2. The molecule has 1 aliphatic carbocycles. The second kappa shape index (κ2) is 11.4. The predicted octanol–water partition coefficient (Wildman–Crippen LogP) is 4.55. The minimum Gasteiger partial charge on any atom is -0.352 e. The van der Waals surface area contributed by atoms with Crippen LogP contribution in [0.25, 0.3) is 11.2 Å². The summed E-state index contributed by atoms with van der Waals surface area (Å²) in [6.45, 7) is 3.45. The molecule has 12 heteroatoms. The highest BCUT2D eigenvalue weighted by molar-refractivity contribution is 5.94. The van der Waals surface area contributed by atoms with Gasteiger partial charge in [0, 0.05) is 49.1 Å². The van der Waals surface area contributed by atoms with Crippen molar-refractivity contribution in [3.05, 3.63) is 59.8 Å². The summed E-state index contributed by atoms with van der Waals surface area (Å²) < 4.78 is 39.1. The van der Waals surface area contributed by atoms with Crippen molar-refractivity contribution in [2.24, 2.45) is 11.3 Å². The number of benzene rings is 1. The van der Waals surface area contributed by atoms with Crippen LogP contribution in [0.1, 0.15) is 54.4 Å². The second-order valence-electron chi connectivity index (χ2n) is 11.5. The van der Waals surface area contributed by atoms with Gasteiger partial charge in [-0.3, -0.25) is 9.59 Å². The maximum absolute atomic E-state index is 12.7. The summed E-state index contributed by atoms with van der Waals surface area (Å²) in [5, 5.41) is 14.2. The molecule has 1 aromatic carbocycles. The number of halogens is 3. The lowest BCUT2D eigenvalue weighted by Gasteiger charge is -2.27. The molecule has 6 rings (SSSR count). The Morgan fingerprint density at radius 1 is 1.12 bits per heavy atom. The van der Waals surface area contributed by atoms with E-state index in [4.69, 9.17) is 0 Å². The van der Waals surface area contributed by atoms with Gasteiger partial charge in [0.05, 0.1) is 6.42 Å². The highest BCUT2D eigenvalue weighted by atomic mass is 19.4. The fourth-order valence-electron chi connectivity index (χ4n) is 6.17. The van der Waals surface area contributed by atoms with Crippen molar-refractivity contribution in [3.63, 3.8) is 0 Å². The molecule has 2 fully saturated rings. The lowest BCUT2D eigenvalue weighted by atomic mass is 9.92. The highest BCUT2D eigenvalue weighted by Gasteiger charge is 2.53. The number of nitrogens with one attached hydrogen (secondary N) is 3. The van der Waals surface area contributed by atoms with Crippen LogP contribution in [0.2, 0.25) is 0 Å².